The number of hydrogen-bond acceptors (Lipinski definition) is 5. The van der Waals surface area contributed by atoms with Crippen molar-refractivity contribution in [1.82, 2.24) is 4.57 Å². The van der Waals surface area contributed by atoms with E-state index in [1.54, 1.807) is 0 Å². The molecule has 0 saturated heterocycles. The summed E-state index contributed by atoms with van der Waals surface area (Å²) in [4.78, 5) is 23.1. The normalized spacial score (nSPS) is 11.5. The molecule has 0 fully saturated rings. The summed E-state index contributed by atoms with van der Waals surface area (Å²) < 4.78 is 30.9. The quantitative estimate of drug-likeness (QED) is 0.603. The zero-order chi connectivity index (χ0) is 15.0. The Hall–Kier alpha value is -1.87. The third-order valence-electron chi connectivity index (χ3n) is 2.79. The fraction of sp³-hybridized carbons (Fsp3) is 0.400. The highest BCUT2D eigenvalue weighted by Crippen LogP contribution is 2.20. The second-order valence-electron chi connectivity index (χ2n) is 4.07. The SMILES string of the molecule is Cc1c(C(N)=O)c(O)n(C)c(=O)c1CCS(=O)(=O)O. The average Bonchev–Trinajstić information content (AvgIpc) is 2.24. The van der Waals surface area contributed by atoms with E-state index in [0.717, 1.165) is 4.57 Å². The van der Waals surface area contributed by atoms with E-state index >= 15 is 0 Å². The minimum Gasteiger partial charge on any atom is -0.494 e. The van der Waals surface area contributed by atoms with Crippen molar-refractivity contribution in [3.05, 3.63) is 27.0 Å². The first-order valence-electron chi connectivity index (χ1n) is 5.22. The van der Waals surface area contributed by atoms with E-state index in [-0.39, 0.29) is 23.1 Å². The van der Waals surface area contributed by atoms with Crippen LogP contribution in [0.5, 0.6) is 5.88 Å². The Morgan fingerprint density at radius 3 is 2.37 bits per heavy atom. The van der Waals surface area contributed by atoms with Crippen LogP contribution in [0.2, 0.25) is 0 Å². The van der Waals surface area contributed by atoms with Crippen LogP contribution in [0.25, 0.3) is 0 Å². The minimum absolute atomic E-state index is 0.00623. The van der Waals surface area contributed by atoms with E-state index in [9.17, 15) is 23.1 Å². The Morgan fingerprint density at radius 2 is 1.95 bits per heavy atom. The molecule has 8 nitrogen and oxygen atoms in total. The first-order valence-corrected chi connectivity index (χ1v) is 6.83. The Bertz CT molecular complexity index is 689. The van der Waals surface area contributed by atoms with Gasteiger partial charge in [0.05, 0.1) is 5.75 Å². The van der Waals surface area contributed by atoms with Gasteiger partial charge in [-0.3, -0.25) is 18.7 Å². The van der Waals surface area contributed by atoms with E-state index in [1.807, 2.05) is 0 Å². The minimum atomic E-state index is -4.24. The van der Waals surface area contributed by atoms with Crippen LogP contribution in [-0.4, -0.2) is 34.3 Å². The van der Waals surface area contributed by atoms with Gasteiger partial charge in [0.2, 0.25) is 5.88 Å². The summed E-state index contributed by atoms with van der Waals surface area (Å²) in [6, 6.07) is 0. The number of primary amides is 1. The maximum absolute atomic E-state index is 11.9. The van der Waals surface area contributed by atoms with Gasteiger partial charge in [-0.2, -0.15) is 8.42 Å². The number of amides is 1. The van der Waals surface area contributed by atoms with Gasteiger partial charge in [0.25, 0.3) is 21.6 Å². The largest absolute Gasteiger partial charge is 0.494 e. The molecule has 1 aromatic heterocycles. The summed E-state index contributed by atoms with van der Waals surface area (Å²) in [7, 11) is -3.02. The second kappa shape index (κ2) is 5.02. The molecule has 19 heavy (non-hydrogen) atoms. The number of carbonyl (C=O) groups is 1. The van der Waals surface area contributed by atoms with Crippen molar-refractivity contribution in [3.8, 4) is 5.88 Å². The fourth-order valence-electron chi connectivity index (χ4n) is 1.77. The lowest BCUT2D eigenvalue weighted by Crippen LogP contribution is -2.28. The van der Waals surface area contributed by atoms with Gasteiger partial charge in [-0.15, -0.1) is 0 Å². The molecular formula is C10H14N2O6S. The third-order valence-corrected chi connectivity index (χ3v) is 3.51. The molecule has 1 aromatic rings. The number of rotatable bonds is 4. The molecule has 0 atom stereocenters. The predicted octanol–water partition coefficient (Wildman–Crippen LogP) is -1.07. The van der Waals surface area contributed by atoms with Crippen LogP contribution in [0.15, 0.2) is 4.79 Å². The van der Waals surface area contributed by atoms with Crippen LogP contribution in [0.4, 0.5) is 0 Å². The monoisotopic (exact) mass is 290 g/mol. The Labute approximate surface area is 109 Å². The molecule has 106 valence electrons. The summed E-state index contributed by atoms with van der Waals surface area (Å²) in [5.41, 5.74) is 4.33. The van der Waals surface area contributed by atoms with Crippen LogP contribution < -0.4 is 11.3 Å². The van der Waals surface area contributed by atoms with Gasteiger partial charge in [-0.25, -0.2) is 0 Å². The van der Waals surface area contributed by atoms with E-state index in [0.29, 0.717) is 0 Å². The van der Waals surface area contributed by atoms with Crippen molar-refractivity contribution in [2.24, 2.45) is 12.8 Å². The van der Waals surface area contributed by atoms with E-state index in [4.69, 9.17) is 10.3 Å². The summed E-state index contributed by atoms with van der Waals surface area (Å²) in [5.74, 6) is -2.17. The second-order valence-corrected chi connectivity index (χ2v) is 5.64. The van der Waals surface area contributed by atoms with Crippen molar-refractivity contribution in [2.75, 3.05) is 5.75 Å². The van der Waals surface area contributed by atoms with Crippen LogP contribution >= 0.6 is 0 Å². The van der Waals surface area contributed by atoms with Crippen molar-refractivity contribution in [2.45, 2.75) is 13.3 Å². The zero-order valence-corrected chi connectivity index (χ0v) is 11.2. The summed E-state index contributed by atoms with van der Waals surface area (Å²) in [5, 5.41) is 9.68. The smallest absolute Gasteiger partial charge is 0.265 e. The van der Waals surface area contributed by atoms with Gasteiger partial charge < -0.3 is 10.8 Å². The molecule has 1 heterocycles. The number of hydrogen-bond donors (Lipinski definition) is 3. The molecule has 0 unspecified atom stereocenters. The number of aromatic hydroxyl groups is 1. The molecule has 1 amide bonds. The highest BCUT2D eigenvalue weighted by molar-refractivity contribution is 7.85. The van der Waals surface area contributed by atoms with E-state index < -0.39 is 33.2 Å². The molecular weight excluding hydrogens is 276 g/mol. The van der Waals surface area contributed by atoms with Crippen LogP contribution in [0.1, 0.15) is 21.5 Å². The molecule has 0 aliphatic rings. The molecule has 9 heteroatoms. The van der Waals surface area contributed by atoms with Gasteiger partial charge in [0.15, 0.2) is 0 Å². The van der Waals surface area contributed by atoms with Crippen molar-refractivity contribution in [3.63, 3.8) is 0 Å². The van der Waals surface area contributed by atoms with Gasteiger partial charge in [-0.1, -0.05) is 0 Å². The van der Waals surface area contributed by atoms with Gasteiger partial charge in [0.1, 0.15) is 5.56 Å². The maximum Gasteiger partial charge on any atom is 0.265 e. The average molecular weight is 290 g/mol. The van der Waals surface area contributed by atoms with E-state index in [1.165, 1.54) is 14.0 Å². The number of pyridine rings is 1. The summed E-state index contributed by atoms with van der Waals surface area (Å²) in [6.07, 6.45) is -0.280. The highest BCUT2D eigenvalue weighted by atomic mass is 32.2. The molecule has 1 rings (SSSR count). The van der Waals surface area contributed by atoms with Gasteiger partial charge in [0, 0.05) is 12.6 Å². The number of nitrogens with two attached hydrogens (primary N) is 1. The first-order chi connectivity index (χ1) is 8.56. The third kappa shape index (κ3) is 3.12. The lowest BCUT2D eigenvalue weighted by atomic mass is 10.0. The van der Waals surface area contributed by atoms with Crippen LogP contribution in [0.3, 0.4) is 0 Å². The number of carbonyl (C=O) groups excluding carboxylic acids is 1. The van der Waals surface area contributed by atoms with Crippen LogP contribution in [-0.2, 0) is 23.6 Å². The Kier molecular flexibility index (Phi) is 4.01. The van der Waals surface area contributed by atoms with Crippen molar-refractivity contribution < 1.29 is 22.9 Å². The molecule has 0 bridgehead atoms. The molecule has 0 radical (unpaired) electrons. The zero-order valence-electron chi connectivity index (χ0n) is 10.4. The molecule has 0 aromatic carbocycles. The molecule has 0 spiro atoms. The molecule has 0 saturated carbocycles. The Balaban J connectivity index is 3.49. The first kappa shape index (κ1) is 15.2. The summed E-state index contributed by atoms with van der Waals surface area (Å²) in [6.45, 7) is 1.38. The topological polar surface area (TPSA) is 140 Å². The van der Waals surface area contributed by atoms with Crippen molar-refractivity contribution in [1.29, 1.82) is 0 Å². The Morgan fingerprint density at radius 1 is 1.42 bits per heavy atom. The highest BCUT2D eigenvalue weighted by Gasteiger charge is 2.21. The van der Waals surface area contributed by atoms with E-state index in [2.05, 4.69) is 0 Å². The standard InChI is InChI=1S/C10H14N2O6S/c1-5-6(3-4-19(16,17)18)9(14)12(2)10(15)7(5)8(11)13/h15H,3-4H2,1-2H3,(H2,11,13)(H,16,17,18). The maximum atomic E-state index is 11.9. The lowest BCUT2D eigenvalue weighted by Gasteiger charge is -2.13. The van der Waals surface area contributed by atoms with Crippen molar-refractivity contribution >= 4 is 16.0 Å². The molecule has 0 aliphatic carbocycles. The molecule has 4 N–H and O–H groups in total. The predicted molar refractivity (Wildman–Crippen MR) is 66.7 cm³/mol. The molecule has 0 aliphatic heterocycles. The lowest BCUT2D eigenvalue weighted by molar-refractivity contribution is 0.0995. The number of nitrogens with zero attached hydrogens (tertiary/aromatic N) is 1. The van der Waals surface area contributed by atoms with Gasteiger partial charge in [-0.05, 0) is 18.9 Å². The number of aromatic nitrogens is 1. The van der Waals surface area contributed by atoms with Gasteiger partial charge >= 0.3 is 0 Å². The van der Waals surface area contributed by atoms with Crippen LogP contribution in [0, 0.1) is 6.92 Å². The summed E-state index contributed by atoms with van der Waals surface area (Å²) >= 11 is 0. The fourth-order valence-corrected chi connectivity index (χ4v) is 2.23.